The molecule has 0 bridgehead atoms. The van der Waals surface area contributed by atoms with Crippen molar-refractivity contribution in [1.29, 1.82) is 0 Å². The van der Waals surface area contributed by atoms with Gasteiger partial charge in [-0.15, -0.1) is 0 Å². The first-order chi connectivity index (χ1) is 17.6. The Hall–Kier alpha value is -3.24. The molecule has 1 rings (SSSR count). The standard InChI is InChI=1S/C28H45N3O8/c1-24(2,3)28(23(37)38,25(4,5)6)18-27(12-10-21(34)35,13-11-22(36)39-26(7,8)9)30-20(33)16-31-15-14-29-19(31)17-32/h14-15,17H,10-13,16,18H2,1-9H3,(H,30,33)(H,34,35)(H,37,38). The number of aldehydes is 1. The number of nitrogens with zero attached hydrogens (tertiary/aromatic N) is 2. The highest BCUT2D eigenvalue weighted by molar-refractivity contribution is 5.80. The van der Waals surface area contributed by atoms with Gasteiger partial charge in [-0.1, -0.05) is 41.5 Å². The molecule has 1 aromatic rings. The second-order valence-corrected chi connectivity index (χ2v) is 13.2. The van der Waals surface area contributed by atoms with Crippen LogP contribution in [0.1, 0.15) is 105 Å². The molecule has 0 aliphatic carbocycles. The third-order valence-corrected chi connectivity index (χ3v) is 7.15. The molecule has 0 aliphatic rings. The summed E-state index contributed by atoms with van der Waals surface area (Å²) in [6.07, 6.45) is 2.46. The number of rotatable bonds is 13. The molecule has 0 saturated carbocycles. The molecular formula is C28H45N3O8. The number of esters is 1. The Morgan fingerprint density at radius 2 is 1.49 bits per heavy atom. The van der Waals surface area contributed by atoms with Crippen molar-refractivity contribution in [3.05, 3.63) is 18.2 Å². The molecule has 0 aliphatic heterocycles. The van der Waals surface area contributed by atoms with Crippen molar-refractivity contribution in [3.63, 3.8) is 0 Å². The van der Waals surface area contributed by atoms with Crippen LogP contribution >= 0.6 is 0 Å². The van der Waals surface area contributed by atoms with Crippen LogP contribution in [0.25, 0.3) is 0 Å². The van der Waals surface area contributed by atoms with Crippen LogP contribution in [-0.4, -0.2) is 61.0 Å². The van der Waals surface area contributed by atoms with Gasteiger partial charge in [0.05, 0.1) is 5.41 Å². The van der Waals surface area contributed by atoms with E-state index in [2.05, 4.69) is 10.3 Å². The third-order valence-electron chi connectivity index (χ3n) is 7.15. The summed E-state index contributed by atoms with van der Waals surface area (Å²) in [6.45, 7) is 15.6. The maximum Gasteiger partial charge on any atom is 0.310 e. The Kier molecular flexibility index (Phi) is 10.7. The van der Waals surface area contributed by atoms with Gasteiger partial charge in [0.2, 0.25) is 5.91 Å². The Morgan fingerprint density at radius 3 is 1.92 bits per heavy atom. The molecule has 0 radical (unpaired) electrons. The lowest BCUT2D eigenvalue weighted by Crippen LogP contribution is -2.61. The summed E-state index contributed by atoms with van der Waals surface area (Å²) >= 11 is 0. The third kappa shape index (κ3) is 8.90. The monoisotopic (exact) mass is 551 g/mol. The van der Waals surface area contributed by atoms with Crippen molar-refractivity contribution >= 4 is 30.1 Å². The molecule has 3 N–H and O–H groups in total. The van der Waals surface area contributed by atoms with Gasteiger partial charge in [0.15, 0.2) is 12.1 Å². The van der Waals surface area contributed by atoms with E-state index in [-0.39, 0.29) is 44.5 Å². The minimum absolute atomic E-state index is 0.0271. The van der Waals surface area contributed by atoms with Crippen molar-refractivity contribution in [1.82, 2.24) is 14.9 Å². The Balaban J connectivity index is 3.70. The Bertz CT molecular complexity index is 1040. The number of hydrogen-bond donors (Lipinski definition) is 3. The zero-order valence-electron chi connectivity index (χ0n) is 24.7. The molecule has 1 atom stereocenters. The average Bonchev–Trinajstić information content (AvgIpc) is 3.18. The summed E-state index contributed by atoms with van der Waals surface area (Å²) < 4.78 is 6.79. The number of carbonyl (C=O) groups excluding carboxylic acids is 3. The minimum atomic E-state index is -1.46. The van der Waals surface area contributed by atoms with Gasteiger partial charge in [-0.05, 0) is 50.9 Å². The van der Waals surface area contributed by atoms with E-state index < -0.39 is 51.2 Å². The molecule has 1 amide bonds. The maximum atomic E-state index is 13.4. The van der Waals surface area contributed by atoms with Crippen LogP contribution in [0.15, 0.2) is 12.4 Å². The van der Waals surface area contributed by atoms with E-state index in [1.807, 2.05) is 0 Å². The highest BCUT2D eigenvalue weighted by Crippen LogP contribution is 2.57. The molecule has 220 valence electrons. The summed E-state index contributed by atoms with van der Waals surface area (Å²) in [5.74, 6) is -3.32. The maximum absolute atomic E-state index is 13.4. The topological polar surface area (TPSA) is 165 Å². The fourth-order valence-electron chi connectivity index (χ4n) is 5.49. The van der Waals surface area contributed by atoms with E-state index in [1.54, 1.807) is 62.3 Å². The van der Waals surface area contributed by atoms with E-state index in [0.717, 1.165) is 0 Å². The van der Waals surface area contributed by atoms with Gasteiger partial charge in [0, 0.05) is 30.8 Å². The number of carboxylic acid groups (broad SMARTS) is 2. The van der Waals surface area contributed by atoms with Crippen LogP contribution in [0.3, 0.4) is 0 Å². The number of amides is 1. The summed E-state index contributed by atoms with van der Waals surface area (Å²) in [4.78, 5) is 66.1. The van der Waals surface area contributed by atoms with Crippen molar-refractivity contribution in [3.8, 4) is 0 Å². The lowest BCUT2D eigenvalue weighted by atomic mass is 9.49. The van der Waals surface area contributed by atoms with E-state index >= 15 is 0 Å². The van der Waals surface area contributed by atoms with Gasteiger partial charge < -0.3 is 24.8 Å². The second-order valence-electron chi connectivity index (χ2n) is 13.2. The summed E-state index contributed by atoms with van der Waals surface area (Å²) in [5, 5.41) is 23.2. The van der Waals surface area contributed by atoms with Crippen molar-refractivity contribution in [2.24, 2.45) is 16.2 Å². The van der Waals surface area contributed by atoms with Crippen LogP contribution in [0.5, 0.6) is 0 Å². The smallest absolute Gasteiger partial charge is 0.310 e. The van der Waals surface area contributed by atoms with Gasteiger partial charge in [-0.3, -0.25) is 24.0 Å². The summed E-state index contributed by atoms with van der Waals surface area (Å²) in [6, 6.07) is 0. The van der Waals surface area contributed by atoms with Crippen LogP contribution in [0.2, 0.25) is 0 Å². The van der Waals surface area contributed by atoms with E-state index in [0.29, 0.717) is 6.29 Å². The molecule has 0 aromatic carbocycles. The molecule has 0 spiro atoms. The SMILES string of the molecule is CC(C)(C)OC(=O)CCC(CCC(=O)O)(CC(C(=O)O)(C(C)(C)C)C(C)(C)C)NC(=O)Cn1ccnc1C=O. The van der Waals surface area contributed by atoms with Crippen LogP contribution < -0.4 is 5.32 Å². The molecule has 1 aromatic heterocycles. The first-order valence-corrected chi connectivity index (χ1v) is 13.0. The molecule has 1 heterocycles. The minimum Gasteiger partial charge on any atom is -0.481 e. The molecule has 0 fully saturated rings. The number of aliphatic carboxylic acids is 2. The zero-order valence-corrected chi connectivity index (χ0v) is 24.7. The first-order valence-electron chi connectivity index (χ1n) is 13.0. The Labute approximate surface area is 230 Å². The quantitative estimate of drug-likeness (QED) is 0.242. The fourth-order valence-corrected chi connectivity index (χ4v) is 5.49. The molecule has 11 heteroatoms. The normalized spacial score (nSPS) is 14.3. The van der Waals surface area contributed by atoms with Gasteiger partial charge in [0.25, 0.3) is 0 Å². The fraction of sp³-hybridized carbons (Fsp3) is 0.714. The summed E-state index contributed by atoms with van der Waals surface area (Å²) in [7, 11) is 0. The summed E-state index contributed by atoms with van der Waals surface area (Å²) in [5.41, 5.74) is -5.30. The van der Waals surface area contributed by atoms with Crippen molar-refractivity contribution in [2.45, 2.75) is 112 Å². The van der Waals surface area contributed by atoms with E-state index in [1.165, 1.54) is 17.0 Å². The van der Waals surface area contributed by atoms with E-state index in [9.17, 15) is 34.2 Å². The largest absolute Gasteiger partial charge is 0.481 e. The molecule has 1 unspecified atom stereocenters. The van der Waals surface area contributed by atoms with E-state index in [4.69, 9.17) is 4.74 Å². The van der Waals surface area contributed by atoms with Gasteiger partial charge in [0.1, 0.15) is 12.1 Å². The number of imidazole rings is 1. The highest BCUT2D eigenvalue weighted by Gasteiger charge is 2.60. The van der Waals surface area contributed by atoms with Gasteiger partial charge in [-0.2, -0.15) is 0 Å². The van der Waals surface area contributed by atoms with Crippen LogP contribution in [0.4, 0.5) is 0 Å². The van der Waals surface area contributed by atoms with Gasteiger partial charge >= 0.3 is 17.9 Å². The number of carboxylic acids is 2. The zero-order chi connectivity index (χ0) is 30.4. The lowest BCUT2D eigenvalue weighted by Gasteiger charge is -2.54. The van der Waals surface area contributed by atoms with Gasteiger partial charge in [-0.25, -0.2) is 4.98 Å². The molecular weight excluding hydrogens is 506 g/mol. The number of hydrogen-bond acceptors (Lipinski definition) is 7. The second kappa shape index (κ2) is 12.3. The molecule has 11 nitrogen and oxygen atoms in total. The first kappa shape index (κ1) is 33.8. The predicted octanol–water partition coefficient (Wildman–Crippen LogP) is 4.09. The molecule has 0 saturated heterocycles. The van der Waals surface area contributed by atoms with Crippen LogP contribution in [-0.2, 0) is 30.5 Å². The van der Waals surface area contributed by atoms with Crippen LogP contribution in [0, 0.1) is 16.2 Å². The highest BCUT2D eigenvalue weighted by atomic mass is 16.6. The Morgan fingerprint density at radius 1 is 0.949 bits per heavy atom. The lowest BCUT2D eigenvalue weighted by molar-refractivity contribution is -0.174. The average molecular weight is 552 g/mol. The number of nitrogens with one attached hydrogen (secondary N) is 1. The van der Waals surface area contributed by atoms with Crippen molar-refractivity contribution in [2.75, 3.05) is 0 Å². The van der Waals surface area contributed by atoms with Crippen molar-refractivity contribution < 1.29 is 38.9 Å². The predicted molar refractivity (Wildman–Crippen MR) is 144 cm³/mol. The molecule has 39 heavy (non-hydrogen) atoms. The number of carbonyl (C=O) groups is 5. The number of ether oxygens (including phenoxy) is 1. The number of aromatic nitrogens is 2.